The highest BCUT2D eigenvalue weighted by Crippen LogP contribution is 2.30. The number of aryl methyl sites for hydroxylation is 1. The van der Waals surface area contributed by atoms with E-state index in [0.29, 0.717) is 18.4 Å². The monoisotopic (exact) mass is 320 g/mol. The zero-order valence-corrected chi connectivity index (χ0v) is 15.2. The molecular weight excluding hydrogens is 292 g/mol. The molecule has 1 heterocycles. The summed E-state index contributed by atoms with van der Waals surface area (Å²) in [4.78, 5) is 0. The van der Waals surface area contributed by atoms with Crippen LogP contribution in [0.1, 0.15) is 48.1 Å². The summed E-state index contributed by atoms with van der Waals surface area (Å²) in [7, 11) is 2.15. The fourth-order valence-corrected chi connectivity index (χ4v) is 3.59. The molecule has 1 unspecified atom stereocenters. The van der Waals surface area contributed by atoms with Crippen LogP contribution in [0.15, 0.2) is 48.5 Å². The second-order valence-electron chi connectivity index (χ2n) is 7.10. The average Bonchev–Trinajstić information content (AvgIpc) is 2.84. The van der Waals surface area contributed by atoms with Gasteiger partial charge >= 0.3 is 0 Å². The van der Waals surface area contributed by atoms with Crippen LogP contribution in [0.25, 0.3) is 10.9 Å². The Morgan fingerprint density at radius 1 is 0.958 bits per heavy atom. The highest BCUT2D eigenvalue weighted by Gasteiger charge is 2.17. The van der Waals surface area contributed by atoms with Gasteiger partial charge in [-0.2, -0.15) is 0 Å². The zero-order valence-electron chi connectivity index (χ0n) is 15.2. The molecule has 126 valence electrons. The summed E-state index contributed by atoms with van der Waals surface area (Å²) in [6.07, 6.45) is 0.991. The van der Waals surface area contributed by atoms with Crippen molar-refractivity contribution in [1.29, 1.82) is 0 Å². The van der Waals surface area contributed by atoms with Crippen LogP contribution in [0.5, 0.6) is 0 Å². The van der Waals surface area contributed by atoms with Crippen molar-refractivity contribution < 1.29 is 0 Å². The van der Waals surface area contributed by atoms with E-state index >= 15 is 0 Å². The Morgan fingerprint density at radius 2 is 1.58 bits per heavy atom. The minimum Gasteiger partial charge on any atom is -0.348 e. The molecule has 1 atom stereocenters. The summed E-state index contributed by atoms with van der Waals surface area (Å²) >= 11 is 0. The van der Waals surface area contributed by atoms with Gasteiger partial charge in [0.1, 0.15) is 0 Å². The van der Waals surface area contributed by atoms with Crippen molar-refractivity contribution in [3.05, 3.63) is 70.9 Å². The Hall–Kier alpha value is -2.06. The highest BCUT2D eigenvalue weighted by molar-refractivity contribution is 5.85. The first-order valence-corrected chi connectivity index (χ1v) is 8.85. The number of nitrogens with two attached hydrogens (primary N) is 1. The maximum atomic E-state index is 6.14. The van der Waals surface area contributed by atoms with Gasteiger partial charge in [-0.05, 0) is 48.6 Å². The van der Waals surface area contributed by atoms with Crippen LogP contribution in [-0.2, 0) is 13.5 Å². The number of aromatic nitrogens is 1. The number of hydrogen-bond donors (Lipinski definition) is 1. The molecule has 0 aliphatic heterocycles. The third kappa shape index (κ3) is 2.99. The summed E-state index contributed by atoms with van der Waals surface area (Å²) in [5.41, 5.74) is 12.9. The van der Waals surface area contributed by atoms with Crippen LogP contribution in [-0.4, -0.2) is 11.1 Å². The lowest BCUT2D eigenvalue weighted by atomic mass is 9.89. The number of hydrogen-bond acceptors (Lipinski definition) is 1. The van der Waals surface area contributed by atoms with Crippen LogP contribution in [0.3, 0.4) is 0 Å². The van der Waals surface area contributed by atoms with Crippen molar-refractivity contribution in [3.8, 4) is 0 Å². The van der Waals surface area contributed by atoms with E-state index in [1.54, 1.807) is 0 Å². The van der Waals surface area contributed by atoms with Crippen molar-refractivity contribution in [2.45, 2.75) is 39.0 Å². The Kier molecular flexibility index (Phi) is 4.77. The van der Waals surface area contributed by atoms with Crippen LogP contribution >= 0.6 is 0 Å². The minimum absolute atomic E-state index is 0.357. The Balaban J connectivity index is 1.95. The quantitative estimate of drug-likeness (QED) is 0.712. The normalized spacial score (nSPS) is 12.9. The Bertz CT molecular complexity index is 825. The predicted octanol–water partition coefficient (Wildman–Crippen LogP) is 4.90. The molecule has 0 bridgehead atoms. The molecule has 3 aromatic rings. The van der Waals surface area contributed by atoms with Gasteiger partial charge in [0.25, 0.3) is 0 Å². The summed E-state index contributed by atoms with van der Waals surface area (Å²) in [5, 5.41) is 1.36. The molecule has 0 amide bonds. The molecule has 0 saturated heterocycles. The van der Waals surface area contributed by atoms with Crippen molar-refractivity contribution in [3.63, 3.8) is 0 Å². The first-order chi connectivity index (χ1) is 11.5. The van der Waals surface area contributed by atoms with Crippen LogP contribution in [0.2, 0.25) is 0 Å². The van der Waals surface area contributed by atoms with Gasteiger partial charge in [-0.3, -0.25) is 0 Å². The van der Waals surface area contributed by atoms with Gasteiger partial charge < -0.3 is 10.3 Å². The summed E-state index contributed by atoms with van der Waals surface area (Å²) in [6, 6.07) is 17.7. The molecule has 0 radical (unpaired) electrons. The predicted molar refractivity (Wildman–Crippen MR) is 104 cm³/mol. The molecule has 3 rings (SSSR count). The number of para-hydroxylation sites is 1. The topological polar surface area (TPSA) is 30.9 Å². The van der Waals surface area contributed by atoms with Crippen molar-refractivity contribution >= 4 is 10.9 Å². The fourth-order valence-electron chi connectivity index (χ4n) is 3.59. The van der Waals surface area contributed by atoms with Gasteiger partial charge in [0.2, 0.25) is 0 Å². The van der Waals surface area contributed by atoms with Crippen LogP contribution < -0.4 is 5.73 Å². The average molecular weight is 320 g/mol. The fraction of sp³-hybridized carbons (Fsp3) is 0.364. The van der Waals surface area contributed by atoms with E-state index in [9.17, 15) is 0 Å². The van der Waals surface area contributed by atoms with Crippen LogP contribution in [0.4, 0.5) is 0 Å². The number of rotatable bonds is 5. The number of benzene rings is 2. The van der Waals surface area contributed by atoms with Crippen molar-refractivity contribution in [2.24, 2.45) is 12.8 Å². The van der Waals surface area contributed by atoms with E-state index in [-0.39, 0.29) is 0 Å². The first kappa shape index (κ1) is 16.8. The van der Waals surface area contributed by atoms with E-state index < -0.39 is 0 Å². The van der Waals surface area contributed by atoms with E-state index in [1.807, 2.05) is 0 Å². The Labute approximate surface area is 145 Å². The molecule has 2 N–H and O–H groups in total. The SMILES string of the molecule is Cc1c(CC(CN)c2ccc(C(C)C)cc2)c2ccccc2n1C. The van der Waals surface area contributed by atoms with E-state index in [4.69, 9.17) is 5.73 Å². The molecular formula is C22H28N2. The van der Waals surface area contributed by atoms with Crippen LogP contribution in [0, 0.1) is 6.92 Å². The molecule has 0 spiro atoms. The maximum Gasteiger partial charge on any atom is 0.0482 e. The molecule has 2 aromatic carbocycles. The standard InChI is InChI=1S/C22H28N2/c1-15(2)17-9-11-18(12-10-17)19(14-23)13-21-16(3)24(4)22-8-6-5-7-20(21)22/h5-12,15,19H,13-14,23H2,1-4H3. The van der Waals surface area contributed by atoms with Gasteiger partial charge in [-0.15, -0.1) is 0 Å². The molecule has 0 fully saturated rings. The third-order valence-electron chi connectivity index (χ3n) is 5.34. The molecule has 1 aromatic heterocycles. The summed E-state index contributed by atoms with van der Waals surface area (Å²) in [6.45, 7) is 7.35. The molecule has 2 nitrogen and oxygen atoms in total. The van der Waals surface area contributed by atoms with Crippen molar-refractivity contribution in [1.82, 2.24) is 4.57 Å². The molecule has 0 saturated carbocycles. The smallest absolute Gasteiger partial charge is 0.0482 e. The van der Waals surface area contributed by atoms with E-state index in [1.165, 1.54) is 33.3 Å². The van der Waals surface area contributed by atoms with Gasteiger partial charge in [-0.25, -0.2) is 0 Å². The molecule has 24 heavy (non-hydrogen) atoms. The largest absolute Gasteiger partial charge is 0.348 e. The lowest BCUT2D eigenvalue weighted by Gasteiger charge is -2.17. The third-order valence-corrected chi connectivity index (χ3v) is 5.34. The second-order valence-corrected chi connectivity index (χ2v) is 7.10. The number of fused-ring (bicyclic) bond motifs is 1. The summed E-state index contributed by atoms with van der Waals surface area (Å²) in [5.74, 6) is 0.923. The highest BCUT2D eigenvalue weighted by atomic mass is 14.9. The Morgan fingerprint density at radius 3 is 2.21 bits per heavy atom. The second kappa shape index (κ2) is 6.82. The van der Waals surface area contributed by atoms with E-state index in [0.717, 1.165) is 6.42 Å². The first-order valence-electron chi connectivity index (χ1n) is 8.85. The lowest BCUT2D eigenvalue weighted by Crippen LogP contribution is -2.15. The van der Waals surface area contributed by atoms with Gasteiger partial charge in [0.15, 0.2) is 0 Å². The maximum absolute atomic E-state index is 6.14. The van der Waals surface area contributed by atoms with Gasteiger partial charge in [0, 0.05) is 29.6 Å². The lowest BCUT2D eigenvalue weighted by molar-refractivity contribution is 0.690. The molecule has 0 aliphatic carbocycles. The number of nitrogens with zero attached hydrogens (tertiary/aromatic N) is 1. The summed E-state index contributed by atoms with van der Waals surface area (Å²) < 4.78 is 2.29. The minimum atomic E-state index is 0.357. The molecule has 0 aliphatic rings. The molecule has 2 heteroatoms. The zero-order chi connectivity index (χ0) is 17.3. The van der Waals surface area contributed by atoms with Gasteiger partial charge in [0.05, 0.1) is 0 Å². The van der Waals surface area contributed by atoms with E-state index in [2.05, 4.69) is 80.9 Å². The van der Waals surface area contributed by atoms with Gasteiger partial charge in [-0.1, -0.05) is 56.3 Å². The van der Waals surface area contributed by atoms with Crippen molar-refractivity contribution in [2.75, 3.05) is 6.54 Å².